The van der Waals surface area contributed by atoms with Gasteiger partial charge in [0.05, 0.1) is 13.7 Å². The molecule has 3 rings (SSSR count). The Balaban J connectivity index is 1.45. The molecule has 0 aromatic heterocycles. The molecule has 0 bridgehead atoms. The van der Waals surface area contributed by atoms with E-state index in [4.69, 9.17) is 14.2 Å². The highest BCUT2D eigenvalue weighted by Crippen LogP contribution is 2.26. The number of aryl methyl sites for hydroxylation is 2. The maximum absolute atomic E-state index is 12.5. The first-order valence-corrected chi connectivity index (χ1v) is 10.0. The summed E-state index contributed by atoms with van der Waals surface area (Å²) in [5.74, 6) is 2.19. The van der Waals surface area contributed by atoms with E-state index in [9.17, 15) is 4.79 Å². The van der Waals surface area contributed by atoms with E-state index in [2.05, 4.69) is 17.4 Å². The molecule has 1 atom stereocenters. The summed E-state index contributed by atoms with van der Waals surface area (Å²) in [7, 11) is 1.63. The molecular formula is C23H29NO4. The van der Waals surface area contributed by atoms with Crippen LogP contribution < -0.4 is 19.5 Å². The van der Waals surface area contributed by atoms with E-state index in [1.807, 2.05) is 37.3 Å². The standard InChI is InChI=1S/C23H29NO4/c1-3-22(28-21-9-8-17-6-4-5-7-18(17)16-21)23(25)24-14-15-27-20-12-10-19(26-2)11-13-20/h8-13,16,22H,3-7,14-15H2,1-2H3,(H,24,25). The smallest absolute Gasteiger partial charge is 0.261 e. The molecule has 1 amide bonds. The van der Waals surface area contributed by atoms with Crippen molar-refractivity contribution in [3.05, 3.63) is 53.6 Å². The molecule has 2 aromatic rings. The lowest BCUT2D eigenvalue weighted by molar-refractivity contribution is -0.128. The Labute approximate surface area is 167 Å². The van der Waals surface area contributed by atoms with Crippen molar-refractivity contribution >= 4 is 5.91 Å². The fraction of sp³-hybridized carbons (Fsp3) is 0.435. The molecule has 0 fully saturated rings. The van der Waals surface area contributed by atoms with Crippen molar-refractivity contribution in [1.29, 1.82) is 0 Å². The fourth-order valence-electron chi connectivity index (χ4n) is 3.40. The first-order valence-electron chi connectivity index (χ1n) is 10.0. The second-order valence-electron chi connectivity index (χ2n) is 6.97. The van der Waals surface area contributed by atoms with Gasteiger partial charge in [0.1, 0.15) is 23.9 Å². The molecule has 1 N–H and O–H groups in total. The predicted octanol–water partition coefficient (Wildman–Crippen LogP) is 3.93. The van der Waals surface area contributed by atoms with Crippen LogP contribution in [0.2, 0.25) is 0 Å². The van der Waals surface area contributed by atoms with Crippen LogP contribution in [0.15, 0.2) is 42.5 Å². The second kappa shape index (κ2) is 10.0. The number of fused-ring (bicyclic) bond motifs is 1. The van der Waals surface area contributed by atoms with Gasteiger partial charge in [-0.15, -0.1) is 0 Å². The predicted molar refractivity (Wildman–Crippen MR) is 109 cm³/mol. The van der Waals surface area contributed by atoms with Gasteiger partial charge in [0.15, 0.2) is 6.10 Å². The summed E-state index contributed by atoms with van der Waals surface area (Å²) in [5, 5.41) is 2.90. The zero-order valence-corrected chi connectivity index (χ0v) is 16.7. The first-order chi connectivity index (χ1) is 13.7. The van der Waals surface area contributed by atoms with Crippen molar-refractivity contribution in [3.8, 4) is 17.2 Å². The van der Waals surface area contributed by atoms with Gasteiger partial charge in [0.25, 0.3) is 5.91 Å². The van der Waals surface area contributed by atoms with E-state index in [1.165, 1.54) is 24.0 Å². The van der Waals surface area contributed by atoms with E-state index in [-0.39, 0.29) is 5.91 Å². The minimum absolute atomic E-state index is 0.112. The molecule has 0 radical (unpaired) electrons. The van der Waals surface area contributed by atoms with Crippen LogP contribution in [-0.2, 0) is 17.6 Å². The third-order valence-corrected chi connectivity index (χ3v) is 4.99. The summed E-state index contributed by atoms with van der Waals surface area (Å²) in [6.07, 6.45) is 4.83. The Kier molecular flexibility index (Phi) is 7.18. The Hall–Kier alpha value is -2.69. The number of ether oxygens (including phenoxy) is 3. The molecule has 1 aliphatic rings. The highest BCUT2D eigenvalue weighted by molar-refractivity contribution is 5.81. The normalized spacial score (nSPS) is 13.9. The van der Waals surface area contributed by atoms with Crippen molar-refractivity contribution in [2.45, 2.75) is 45.1 Å². The van der Waals surface area contributed by atoms with Gasteiger partial charge >= 0.3 is 0 Å². The SMILES string of the molecule is CCC(Oc1ccc2c(c1)CCCC2)C(=O)NCCOc1ccc(OC)cc1. The maximum Gasteiger partial charge on any atom is 0.261 e. The van der Waals surface area contributed by atoms with Crippen LogP contribution in [0.4, 0.5) is 0 Å². The summed E-state index contributed by atoms with van der Waals surface area (Å²) in [6.45, 7) is 2.78. The Morgan fingerprint density at radius 1 is 1.00 bits per heavy atom. The third-order valence-electron chi connectivity index (χ3n) is 4.99. The molecule has 150 valence electrons. The van der Waals surface area contributed by atoms with Crippen LogP contribution in [-0.4, -0.2) is 32.3 Å². The number of nitrogens with one attached hydrogen (secondary N) is 1. The summed E-state index contributed by atoms with van der Waals surface area (Å²) in [4.78, 5) is 12.5. The summed E-state index contributed by atoms with van der Waals surface area (Å²) >= 11 is 0. The van der Waals surface area contributed by atoms with Gasteiger partial charge in [-0.3, -0.25) is 4.79 Å². The lowest BCUT2D eigenvalue weighted by Crippen LogP contribution is -2.39. The number of hydrogen-bond acceptors (Lipinski definition) is 4. The largest absolute Gasteiger partial charge is 0.497 e. The number of carbonyl (C=O) groups excluding carboxylic acids is 1. The summed E-state index contributed by atoms with van der Waals surface area (Å²) in [5.41, 5.74) is 2.76. The van der Waals surface area contributed by atoms with E-state index in [0.717, 1.165) is 30.1 Å². The van der Waals surface area contributed by atoms with Gasteiger partial charge in [-0.25, -0.2) is 0 Å². The van der Waals surface area contributed by atoms with Crippen molar-refractivity contribution in [2.24, 2.45) is 0 Å². The lowest BCUT2D eigenvalue weighted by atomic mass is 9.92. The number of amides is 1. The van der Waals surface area contributed by atoms with Gasteiger partial charge in [0, 0.05) is 0 Å². The van der Waals surface area contributed by atoms with E-state index < -0.39 is 6.10 Å². The molecule has 5 heteroatoms. The average Bonchev–Trinajstić information content (AvgIpc) is 2.75. The van der Waals surface area contributed by atoms with E-state index >= 15 is 0 Å². The van der Waals surface area contributed by atoms with Crippen LogP contribution in [0.3, 0.4) is 0 Å². The topological polar surface area (TPSA) is 56.8 Å². The van der Waals surface area contributed by atoms with Crippen molar-refractivity contribution < 1.29 is 19.0 Å². The number of methoxy groups -OCH3 is 1. The van der Waals surface area contributed by atoms with E-state index in [0.29, 0.717) is 19.6 Å². The third kappa shape index (κ3) is 5.41. The van der Waals surface area contributed by atoms with Crippen LogP contribution in [0.25, 0.3) is 0 Å². The Bertz CT molecular complexity index is 773. The maximum atomic E-state index is 12.5. The van der Waals surface area contributed by atoms with Gasteiger partial charge in [-0.2, -0.15) is 0 Å². The van der Waals surface area contributed by atoms with Gasteiger partial charge in [-0.1, -0.05) is 13.0 Å². The van der Waals surface area contributed by atoms with Crippen molar-refractivity contribution in [2.75, 3.05) is 20.3 Å². The molecule has 0 saturated carbocycles. The molecule has 0 saturated heterocycles. The van der Waals surface area contributed by atoms with Gasteiger partial charge in [-0.05, 0) is 79.6 Å². The molecule has 1 aliphatic carbocycles. The number of hydrogen-bond donors (Lipinski definition) is 1. The Morgan fingerprint density at radius 3 is 2.39 bits per heavy atom. The van der Waals surface area contributed by atoms with Crippen LogP contribution in [0, 0.1) is 0 Å². The van der Waals surface area contributed by atoms with Gasteiger partial charge < -0.3 is 19.5 Å². The molecular weight excluding hydrogens is 354 g/mol. The monoisotopic (exact) mass is 383 g/mol. The first kappa shape index (κ1) is 20.1. The van der Waals surface area contributed by atoms with Crippen LogP contribution in [0.5, 0.6) is 17.2 Å². The van der Waals surface area contributed by atoms with Crippen molar-refractivity contribution in [3.63, 3.8) is 0 Å². The van der Waals surface area contributed by atoms with Crippen LogP contribution in [0.1, 0.15) is 37.3 Å². The average molecular weight is 383 g/mol. The zero-order valence-electron chi connectivity index (χ0n) is 16.7. The molecule has 28 heavy (non-hydrogen) atoms. The molecule has 0 aliphatic heterocycles. The lowest BCUT2D eigenvalue weighted by Gasteiger charge is -2.20. The highest BCUT2D eigenvalue weighted by Gasteiger charge is 2.19. The zero-order chi connectivity index (χ0) is 19.8. The number of benzene rings is 2. The minimum atomic E-state index is -0.498. The molecule has 0 spiro atoms. The molecule has 1 unspecified atom stereocenters. The fourth-order valence-corrected chi connectivity index (χ4v) is 3.40. The number of rotatable bonds is 9. The summed E-state index contributed by atoms with van der Waals surface area (Å²) in [6, 6.07) is 13.6. The minimum Gasteiger partial charge on any atom is -0.497 e. The van der Waals surface area contributed by atoms with Gasteiger partial charge in [0.2, 0.25) is 0 Å². The van der Waals surface area contributed by atoms with E-state index in [1.54, 1.807) is 7.11 Å². The molecule has 0 heterocycles. The number of carbonyl (C=O) groups is 1. The highest BCUT2D eigenvalue weighted by atomic mass is 16.5. The quantitative estimate of drug-likeness (QED) is 0.667. The van der Waals surface area contributed by atoms with Crippen LogP contribution >= 0.6 is 0 Å². The second-order valence-corrected chi connectivity index (χ2v) is 6.97. The molecule has 2 aromatic carbocycles. The van der Waals surface area contributed by atoms with Crippen molar-refractivity contribution in [1.82, 2.24) is 5.32 Å². The summed E-state index contributed by atoms with van der Waals surface area (Å²) < 4.78 is 16.7. The Morgan fingerprint density at radius 2 is 1.68 bits per heavy atom. The molecule has 5 nitrogen and oxygen atoms in total.